The zero-order valence-corrected chi connectivity index (χ0v) is 17.7. The molecule has 1 unspecified atom stereocenters. The molecular formula is C15H29F3IN3OS. The van der Waals surface area contributed by atoms with Crippen LogP contribution in [0.2, 0.25) is 0 Å². The van der Waals surface area contributed by atoms with Gasteiger partial charge in [-0.2, -0.15) is 24.9 Å². The zero-order valence-electron chi connectivity index (χ0n) is 14.6. The van der Waals surface area contributed by atoms with Gasteiger partial charge in [-0.1, -0.05) is 13.8 Å². The molecule has 0 saturated carbocycles. The zero-order chi connectivity index (χ0) is 17.3. The molecule has 1 aliphatic rings. The lowest BCUT2D eigenvalue weighted by Crippen LogP contribution is -2.49. The Morgan fingerprint density at radius 2 is 2.12 bits per heavy atom. The molecule has 144 valence electrons. The smallest absolute Gasteiger partial charge is 0.372 e. The van der Waals surface area contributed by atoms with Gasteiger partial charge >= 0.3 is 6.18 Å². The predicted octanol–water partition coefficient (Wildman–Crippen LogP) is 3.61. The highest BCUT2D eigenvalue weighted by molar-refractivity contribution is 14.0. The monoisotopic (exact) mass is 483 g/mol. The summed E-state index contributed by atoms with van der Waals surface area (Å²) in [6.45, 7) is 8.51. The number of aliphatic imine (C=N–C) groups is 1. The first-order valence-corrected chi connectivity index (χ1v) is 9.17. The SMILES string of the molecule is CCNC(=NCCCOCC(F)(F)F)N1CCSC(C(C)C)C1.I. The highest BCUT2D eigenvalue weighted by Crippen LogP contribution is 2.24. The Kier molecular flexibility index (Phi) is 12.5. The van der Waals surface area contributed by atoms with Crippen molar-refractivity contribution in [3.05, 3.63) is 0 Å². The number of nitrogens with one attached hydrogen (secondary N) is 1. The number of halogens is 4. The molecule has 1 rings (SSSR count). The van der Waals surface area contributed by atoms with Crippen molar-refractivity contribution in [3.63, 3.8) is 0 Å². The van der Waals surface area contributed by atoms with Gasteiger partial charge in [0, 0.05) is 43.8 Å². The van der Waals surface area contributed by atoms with E-state index in [9.17, 15) is 13.2 Å². The van der Waals surface area contributed by atoms with E-state index in [-0.39, 0.29) is 30.6 Å². The average molecular weight is 483 g/mol. The van der Waals surface area contributed by atoms with E-state index in [4.69, 9.17) is 0 Å². The second kappa shape index (κ2) is 12.5. The maximum absolute atomic E-state index is 12.0. The van der Waals surface area contributed by atoms with Crippen LogP contribution in [-0.4, -0.2) is 67.4 Å². The second-order valence-electron chi connectivity index (χ2n) is 5.86. The van der Waals surface area contributed by atoms with Gasteiger partial charge in [0.2, 0.25) is 0 Å². The van der Waals surface area contributed by atoms with E-state index in [1.807, 2.05) is 18.7 Å². The highest BCUT2D eigenvalue weighted by Gasteiger charge is 2.27. The van der Waals surface area contributed by atoms with Gasteiger partial charge in [0.25, 0.3) is 0 Å². The molecule has 24 heavy (non-hydrogen) atoms. The van der Waals surface area contributed by atoms with E-state index in [1.54, 1.807) is 0 Å². The van der Waals surface area contributed by atoms with Gasteiger partial charge in [0.15, 0.2) is 5.96 Å². The third kappa shape index (κ3) is 10.2. The number of hydrogen-bond donors (Lipinski definition) is 1. The number of ether oxygens (including phenoxy) is 1. The van der Waals surface area contributed by atoms with Crippen LogP contribution in [0.25, 0.3) is 0 Å². The first-order valence-electron chi connectivity index (χ1n) is 8.13. The minimum atomic E-state index is -4.25. The molecule has 0 aromatic rings. The molecule has 1 heterocycles. The average Bonchev–Trinajstić information content (AvgIpc) is 2.48. The minimum Gasteiger partial charge on any atom is -0.372 e. The maximum Gasteiger partial charge on any atom is 0.411 e. The standard InChI is InChI=1S/C15H28F3N3OS.HI/c1-4-19-14(20-6-5-8-22-11-15(16,17)18)21-7-9-23-13(10-21)12(2)3;/h12-13H,4-11H2,1-3H3,(H,19,20);1H. The summed E-state index contributed by atoms with van der Waals surface area (Å²) in [5.74, 6) is 2.54. The molecule has 4 nitrogen and oxygen atoms in total. The summed E-state index contributed by atoms with van der Waals surface area (Å²) in [7, 11) is 0. The molecule has 0 amide bonds. The Bertz CT molecular complexity index is 370. The lowest BCUT2D eigenvalue weighted by molar-refractivity contribution is -0.173. The lowest BCUT2D eigenvalue weighted by atomic mass is 10.1. The topological polar surface area (TPSA) is 36.9 Å². The summed E-state index contributed by atoms with van der Waals surface area (Å²) in [6.07, 6.45) is -3.77. The Morgan fingerprint density at radius 1 is 1.42 bits per heavy atom. The van der Waals surface area contributed by atoms with Gasteiger partial charge in [0.1, 0.15) is 6.61 Å². The summed E-state index contributed by atoms with van der Waals surface area (Å²) in [5.41, 5.74) is 0. The summed E-state index contributed by atoms with van der Waals surface area (Å²) < 4.78 is 40.5. The van der Waals surface area contributed by atoms with Crippen molar-refractivity contribution in [1.29, 1.82) is 0 Å². The number of thioether (sulfide) groups is 1. The molecular weight excluding hydrogens is 454 g/mol. The van der Waals surface area contributed by atoms with E-state index < -0.39 is 12.8 Å². The van der Waals surface area contributed by atoms with E-state index in [0.29, 0.717) is 24.1 Å². The molecule has 9 heteroatoms. The summed E-state index contributed by atoms with van der Waals surface area (Å²) in [4.78, 5) is 6.78. The molecule has 1 atom stereocenters. The number of hydrogen-bond acceptors (Lipinski definition) is 3. The molecule has 0 radical (unpaired) electrons. The van der Waals surface area contributed by atoms with Crippen LogP contribution in [0.3, 0.4) is 0 Å². The largest absolute Gasteiger partial charge is 0.411 e. The number of guanidine groups is 1. The van der Waals surface area contributed by atoms with Gasteiger partial charge in [-0.05, 0) is 19.3 Å². The molecule has 0 aliphatic carbocycles. The van der Waals surface area contributed by atoms with Gasteiger partial charge in [-0.15, -0.1) is 24.0 Å². The van der Waals surface area contributed by atoms with Gasteiger partial charge < -0.3 is 15.0 Å². The fraction of sp³-hybridized carbons (Fsp3) is 0.933. The molecule has 1 N–H and O–H groups in total. The van der Waals surface area contributed by atoms with Crippen LogP contribution in [0.5, 0.6) is 0 Å². The van der Waals surface area contributed by atoms with Crippen LogP contribution in [0, 0.1) is 5.92 Å². The fourth-order valence-corrected chi connectivity index (χ4v) is 3.54. The van der Waals surface area contributed by atoms with Gasteiger partial charge in [-0.3, -0.25) is 4.99 Å². The highest BCUT2D eigenvalue weighted by atomic mass is 127. The van der Waals surface area contributed by atoms with Crippen LogP contribution >= 0.6 is 35.7 Å². The first kappa shape index (κ1) is 24.1. The van der Waals surface area contributed by atoms with Crippen LogP contribution in [0.15, 0.2) is 4.99 Å². The first-order chi connectivity index (χ1) is 10.8. The molecule has 0 aromatic carbocycles. The van der Waals surface area contributed by atoms with Crippen molar-refractivity contribution in [2.45, 2.75) is 38.6 Å². The lowest BCUT2D eigenvalue weighted by Gasteiger charge is -2.36. The van der Waals surface area contributed by atoms with E-state index in [2.05, 4.69) is 33.8 Å². The molecule has 1 aliphatic heterocycles. The summed E-state index contributed by atoms with van der Waals surface area (Å²) >= 11 is 2.00. The fourth-order valence-electron chi connectivity index (χ4n) is 2.24. The third-order valence-corrected chi connectivity index (χ3v) is 4.99. The van der Waals surface area contributed by atoms with Crippen molar-refractivity contribution in [2.75, 3.05) is 45.1 Å². The summed E-state index contributed by atoms with van der Waals surface area (Å²) in [6, 6.07) is 0. The second-order valence-corrected chi connectivity index (χ2v) is 7.20. The number of alkyl halides is 3. The third-order valence-electron chi connectivity index (χ3n) is 3.45. The van der Waals surface area contributed by atoms with Crippen molar-refractivity contribution in [2.24, 2.45) is 10.9 Å². The molecule has 1 fully saturated rings. The quantitative estimate of drug-likeness (QED) is 0.260. The van der Waals surface area contributed by atoms with Crippen molar-refractivity contribution >= 4 is 41.7 Å². The van der Waals surface area contributed by atoms with E-state index >= 15 is 0 Å². The summed E-state index contributed by atoms with van der Waals surface area (Å²) in [5, 5.41) is 3.86. The Morgan fingerprint density at radius 3 is 2.71 bits per heavy atom. The predicted molar refractivity (Wildman–Crippen MR) is 106 cm³/mol. The van der Waals surface area contributed by atoms with Crippen LogP contribution in [-0.2, 0) is 4.74 Å². The van der Waals surface area contributed by atoms with Gasteiger partial charge in [0.05, 0.1) is 0 Å². The Labute approximate surface area is 164 Å². The number of nitrogens with zero attached hydrogens (tertiary/aromatic N) is 2. The number of rotatable bonds is 7. The van der Waals surface area contributed by atoms with E-state index in [1.165, 1.54) is 0 Å². The van der Waals surface area contributed by atoms with Crippen molar-refractivity contribution in [3.8, 4) is 0 Å². The Balaban J connectivity index is 0.00000529. The molecule has 0 bridgehead atoms. The molecule has 0 spiro atoms. The normalized spacial score (nSPS) is 19.4. The van der Waals surface area contributed by atoms with Crippen LogP contribution in [0.1, 0.15) is 27.2 Å². The minimum absolute atomic E-state index is 0. The van der Waals surface area contributed by atoms with Crippen LogP contribution in [0.4, 0.5) is 13.2 Å². The Hall–Kier alpha value is 0.1000. The van der Waals surface area contributed by atoms with Crippen molar-refractivity contribution < 1.29 is 17.9 Å². The molecule has 1 saturated heterocycles. The molecule has 0 aromatic heterocycles. The van der Waals surface area contributed by atoms with E-state index in [0.717, 1.165) is 31.3 Å². The maximum atomic E-state index is 12.0. The van der Waals surface area contributed by atoms with Crippen molar-refractivity contribution in [1.82, 2.24) is 10.2 Å². The van der Waals surface area contributed by atoms with Crippen LogP contribution < -0.4 is 5.32 Å². The van der Waals surface area contributed by atoms with Gasteiger partial charge in [-0.25, -0.2) is 0 Å².